The van der Waals surface area contributed by atoms with Crippen molar-refractivity contribution in [3.63, 3.8) is 0 Å². The van der Waals surface area contributed by atoms with Gasteiger partial charge in [-0.1, -0.05) is 24.4 Å². The molecule has 0 spiro atoms. The van der Waals surface area contributed by atoms with Crippen molar-refractivity contribution >= 4 is 27.3 Å². The van der Waals surface area contributed by atoms with Crippen LogP contribution in [0, 0.1) is 11.8 Å². The van der Waals surface area contributed by atoms with Gasteiger partial charge >= 0.3 is 0 Å². The van der Waals surface area contributed by atoms with E-state index in [1.54, 1.807) is 17.0 Å². The largest absolute Gasteiger partial charge is 0.337 e. The average Bonchev–Trinajstić information content (AvgIpc) is 2.61. The summed E-state index contributed by atoms with van der Waals surface area (Å²) in [6, 6.07) is 2.57. The number of hydrogen-bond acceptors (Lipinski definition) is 7. The Morgan fingerprint density at radius 1 is 1.56 bits per heavy atom. The normalized spacial score (nSPS) is 19.2. The highest BCUT2D eigenvalue weighted by Crippen LogP contribution is 2.21. The molecule has 0 aliphatic carbocycles. The van der Waals surface area contributed by atoms with Gasteiger partial charge in [-0.05, 0) is 18.6 Å². The molecule has 2 atom stereocenters. The lowest BCUT2D eigenvalue weighted by Crippen LogP contribution is -2.56. The molecule has 1 aliphatic rings. The van der Waals surface area contributed by atoms with Crippen molar-refractivity contribution in [1.82, 2.24) is 15.8 Å². The van der Waals surface area contributed by atoms with E-state index < -0.39 is 21.3 Å². The van der Waals surface area contributed by atoms with Gasteiger partial charge in [0.25, 0.3) is 0 Å². The zero-order valence-corrected chi connectivity index (χ0v) is 15.6. The van der Waals surface area contributed by atoms with Crippen LogP contribution in [0.3, 0.4) is 0 Å². The number of unbranched alkanes of at least 4 members (excludes halogenated alkanes) is 1. The molecule has 138 valence electrons. The molecule has 1 saturated heterocycles. The molecule has 1 fully saturated rings. The third-order valence-electron chi connectivity index (χ3n) is 3.82. The highest BCUT2D eigenvalue weighted by Gasteiger charge is 2.35. The van der Waals surface area contributed by atoms with E-state index in [4.69, 9.17) is 11.6 Å². The number of pyridine rings is 1. The van der Waals surface area contributed by atoms with Crippen LogP contribution in [0.15, 0.2) is 18.3 Å². The molecule has 2 rings (SSSR count). The van der Waals surface area contributed by atoms with Crippen LogP contribution in [0.4, 0.5) is 5.82 Å². The van der Waals surface area contributed by atoms with Crippen molar-refractivity contribution < 1.29 is 13.6 Å². The van der Waals surface area contributed by atoms with Crippen molar-refractivity contribution in [2.24, 2.45) is 0 Å². The third-order valence-corrected chi connectivity index (χ3v) is 6.09. The number of nitrogens with zero attached hydrogens (tertiary/aromatic N) is 2. The lowest BCUT2D eigenvalue weighted by Gasteiger charge is -2.36. The molecule has 0 amide bonds. The number of nitrogens with one attached hydrogen (secondary N) is 2. The van der Waals surface area contributed by atoms with Gasteiger partial charge in [0, 0.05) is 32.3 Å². The zero-order valence-electron chi connectivity index (χ0n) is 14.1. The third kappa shape index (κ3) is 5.56. The molecule has 9 heteroatoms. The van der Waals surface area contributed by atoms with Gasteiger partial charge < -0.3 is 15.4 Å². The summed E-state index contributed by atoms with van der Waals surface area (Å²) in [5.74, 6) is 5.91. The summed E-state index contributed by atoms with van der Waals surface area (Å²) in [5.41, 5.74) is 1.99. The minimum atomic E-state index is -3.57. The molecule has 0 aromatic carbocycles. The molecule has 2 heterocycles. The number of rotatable bonds is 6. The average molecular weight is 387 g/mol. The minimum Gasteiger partial charge on any atom is -0.337 e. The van der Waals surface area contributed by atoms with Gasteiger partial charge in [-0.15, -0.1) is 5.92 Å². The zero-order chi connectivity index (χ0) is 18.3. The van der Waals surface area contributed by atoms with Crippen LogP contribution in [0.5, 0.6) is 0 Å². The van der Waals surface area contributed by atoms with Gasteiger partial charge in [-0.2, -0.15) is 5.48 Å². The predicted molar refractivity (Wildman–Crippen MR) is 98.4 cm³/mol. The molecule has 2 unspecified atom stereocenters. The smallest absolute Gasteiger partial charge is 0.175 e. The first-order chi connectivity index (χ1) is 12.0. The summed E-state index contributed by atoms with van der Waals surface area (Å²) in [5, 5.41) is 12.0. The molecule has 0 saturated carbocycles. The summed E-state index contributed by atoms with van der Waals surface area (Å²) in [7, 11) is -3.57. The first-order valence-electron chi connectivity index (χ1n) is 8.16. The molecule has 3 N–H and O–H groups in total. The fraction of sp³-hybridized carbons (Fsp3) is 0.562. The van der Waals surface area contributed by atoms with Crippen molar-refractivity contribution in [2.45, 2.75) is 31.2 Å². The maximum Gasteiger partial charge on any atom is 0.175 e. The summed E-state index contributed by atoms with van der Waals surface area (Å²) in [4.78, 5) is 5.98. The number of piperazine rings is 1. The Kier molecular flexibility index (Phi) is 7.47. The van der Waals surface area contributed by atoms with Crippen molar-refractivity contribution in [3.05, 3.63) is 23.4 Å². The Hall–Kier alpha value is -1.37. The van der Waals surface area contributed by atoms with Crippen LogP contribution in [0.2, 0.25) is 5.02 Å². The highest BCUT2D eigenvalue weighted by atomic mass is 35.5. The molecule has 1 aromatic heterocycles. The van der Waals surface area contributed by atoms with E-state index in [2.05, 4.69) is 22.1 Å². The summed E-state index contributed by atoms with van der Waals surface area (Å²) >= 11 is 5.86. The summed E-state index contributed by atoms with van der Waals surface area (Å²) < 4.78 is 25.8. The fourth-order valence-corrected chi connectivity index (χ4v) is 4.50. The van der Waals surface area contributed by atoms with Gasteiger partial charge in [-0.25, -0.2) is 13.4 Å². The second-order valence-electron chi connectivity index (χ2n) is 5.77. The highest BCUT2D eigenvalue weighted by molar-refractivity contribution is 7.92. The number of halogens is 1. The van der Waals surface area contributed by atoms with E-state index in [1.807, 2.05) is 12.4 Å². The number of sulfone groups is 1. The standard InChI is InChI=1S/C16H23ClN4O3S/c1-2-3-4-5-14(20-22)12-25(23,24)16-11-18-8-9-21(16)15-7-6-13(17)10-19-15/h6-7,10,14,16,18,20,22H,2-3,8-9,11-12H2,1H3. The quantitative estimate of drug-likeness (QED) is 0.496. The Bertz CT molecular complexity index is 715. The van der Waals surface area contributed by atoms with Crippen LogP contribution >= 0.6 is 11.6 Å². The maximum absolute atomic E-state index is 12.9. The second-order valence-corrected chi connectivity index (χ2v) is 8.41. The van der Waals surface area contributed by atoms with E-state index in [1.165, 1.54) is 6.20 Å². The lowest BCUT2D eigenvalue weighted by molar-refractivity contribution is 0.153. The van der Waals surface area contributed by atoms with Crippen LogP contribution in [0.1, 0.15) is 19.8 Å². The molecule has 1 aromatic rings. The Morgan fingerprint density at radius 3 is 3.00 bits per heavy atom. The monoisotopic (exact) mass is 386 g/mol. The fourth-order valence-electron chi connectivity index (χ4n) is 2.58. The first kappa shape index (κ1) is 19.9. The summed E-state index contributed by atoms with van der Waals surface area (Å²) in [6.07, 6.45) is 3.03. The van der Waals surface area contributed by atoms with Crippen LogP contribution in [-0.4, -0.2) is 55.4 Å². The van der Waals surface area contributed by atoms with Gasteiger partial charge in [0.15, 0.2) is 9.84 Å². The Labute approximate surface area is 153 Å². The second kappa shape index (κ2) is 9.36. The van der Waals surface area contributed by atoms with Crippen molar-refractivity contribution in [1.29, 1.82) is 0 Å². The number of hydrogen-bond donors (Lipinski definition) is 3. The van der Waals surface area contributed by atoms with E-state index >= 15 is 0 Å². The van der Waals surface area contributed by atoms with Crippen LogP contribution < -0.4 is 15.7 Å². The van der Waals surface area contributed by atoms with Gasteiger partial charge in [0.2, 0.25) is 0 Å². The maximum atomic E-state index is 12.9. The Balaban J connectivity index is 2.19. The lowest BCUT2D eigenvalue weighted by atomic mass is 10.3. The van der Waals surface area contributed by atoms with Gasteiger partial charge in [-0.3, -0.25) is 0 Å². The van der Waals surface area contributed by atoms with E-state index in [0.29, 0.717) is 30.4 Å². The molecule has 7 nitrogen and oxygen atoms in total. The predicted octanol–water partition coefficient (Wildman–Crippen LogP) is 1.04. The van der Waals surface area contributed by atoms with Crippen molar-refractivity contribution in [2.75, 3.05) is 30.3 Å². The molecule has 1 aliphatic heterocycles. The van der Waals surface area contributed by atoms with Gasteiger partial charge in [0.1, 0.15) is 17.2 Å². The van der Waals surface area contributed by atoms with Crippen LogP contribution in [0.25, 0.3) is 0 Å². The first-order valence-corrected chi connectivity index (χ1v) is 10.3. The van der Waals surface area contributed by atoms with E-state index in [0.717, 1.165) is 6.42 Å². The van der Waals surface area contributed by atoms with E-state index in [9.17, 15) is 13.6 Å². The minimum absolute atomic E-state index is 0.281. The number of aromatic nitrogens is 1. The molecular weight excluding hydrogens is 364 g/mol. The molecule has 0 bridgehead atoms. The van der Waals surface area contributed by atoms with Gasteiger partial charge in [0.05, 0.1) is 10.8 Å². The molecule has 0 radical (unpaired) electrons. The summed E-state index contributed by atoms with van der Waals surface area (Å²) in [6.45, 7) is 3.44. The Morgan fingerprint density at radius 2 is 2.36 bits per heavy atom. The SMILES string of the molecule is CCCC#CC(CS(=O)(=O)C1CNCCN1c1ccc(Cl)cn1)NO. The molecular formula is C16H23ClN4O3S. The molecule has 25 heavy (non-hydrogen) atoms. The number of hydroxylamine groups is 1. The van der Waals surface area contributed by atoms with E-state index in [-0.39, 0.29) is 12.3 Å². The van der Waals surface area contributed by atoms with Crippen molar-refractivity contribution in [3.8, 4) is 11.8 Å². The topological polar surface area (TPSA) is 94.6 Å². The van der Waals surface area contributed by atoms with Crippen LogP contribution in [-0.2, 0) is 9.84 Å². The number of anilines is 1.